The van der Waals surface area contributed by atoms with Gasteiger partial charge in [-0.25, -0.2) is 0 Å². The quantitative estimate of drug-likeness (QED) is 0.881. The minimum absolute atomic E-state index is 0. The van der Waals surface area contributed by atoms with E-state index in [0.29, 0.717) is 18.3 Å². The fourth-order valence-corrected chi connectivity index (χ4v) is 4.74. The number of fused-ring (bicyclic) bond motifs is 1. The number of carbonyl (C=O) groups excluding carboxylic acids is 1. The highest BCUT2D eigenvalue weighted by Gasteiger charge is 2.37. The Kier molecular flexibility index (Phi) is 6.21. The van der Waals surface area contributed by atoms with Gasteiger partial charge >= 0.3 is 0 Å². The average Bonchev–Trinajstić information content (AvgIpc) is 3.04. The summed E-state index contributed by atoms with van der Waals surface area (Å²) < 4.78 is 1.47. The Morgan fingerprint density at radius 3 is 2.57 bits per heavy atom. The van der Waals surface area contributed by atoms with E-state index in [9.17, 15) is 4.79 Å². The number of hydrogen-bond donors (Lipinski definition) is 1. The van der Waals surface area contributed by atoms with Gasteiger partial charge in [0, 0.05) is 32.6 Å². The topological polar surface area (TPSA) is 32.3 Å². The van der Waals surface area contributed by atoms with E-state index in [-0.39, 0.29) is 18.3 Å². The van der Waals surface area contributed by atoms with Crippen LogP contribution in [0.1, 0.15) is 18.4 Å². The molecule has 2 saturated heterocycles. The van der Waals surface area contributed by atoms with Gasteiger partial charge in [-0.05, 0) is 36.3 Å². The fraction of sp³-hybridized carbons (Fsp3) is 0.643. The van der Waals surface area contributed by atoms with Gasteiger partial charge in [-0.3, -0.25) is 4.79 Å². The molecule has 3 rings (SSSR count). The normalized spacial score (nSPS) is 24.0. The standard InChI is InChI=1S/C14H18Cl2N2OS.ClH/c15-12-4-9(14(16)20-12)2-1-3-13(19)18-7-10-5-17-6-11(10)8-18;/h4,10-11,17H,1-3,5-8H2;1H/t10-,11+;. The van der Waals surface area contributed by atoms with Gasteiger partial charge in [-0.1, -0.05) is 23.2 Å². The van der Waals surface area contributed by atoms with Crippen LogP contribution >= 0.6 is 46.9 Å². The van der Waals surface area contributed by atoms with Crippen molar-refractivity contribution in [2.45, 2.75) is 19.3 Å². The van der Waals surface area contributed by atoms with Gasteiger partial charge in [0.15, 0.2) is 0 Å². The van der Waals surface area contributed by atoms with E-state index in [2.05, 4.69) is 5.32 Å². The van der Waals surface area contributed by atoms with Crippen LogP contribution < -0.4 is 5.32 Å². The van der Waals surface area contributed by atoms with Crippen LogP contribution in [0.25, 0.3) is 0 Å². The van der Waals surface area contributed by atoms with Gasteiger partial charge in [-0.2, -0.15) is 0 Å². The van der Waals surface area contributed by atoms with Gasteiger partial charge in [0.1, 0.15) is 0 Å². The molecule has 0 aromatic carbocycles. The molecule has 0 spiro atoms. The zero-order valence-electron chi connectivity index (χ0n) is 11.6. The van der Waals surface area contributed by atoms with Gasteiger partial charge in [0.25, 0.3) is 0 Å². The number of halogens is 3. The molecule has 21 heavy (non-hydrogen) atoms. The van der Waals surface area contributed by atoms with E-state index in [0.717, 1.165) is 53.3 Å². The lowest BCUT2D eigenvalue weighted by Gasteiger charge is -2.17. The summed E-state index contributed by atoms with van der Waals surface area (Å²) in [5.41, 5.74) is 1.07. The van der Waals surface area contributed by atoms with Gasteiger partial charge < -0.3 is 10.2 Å². The third kappa shape index (κ3) is 4.05. The van der Waals surface area contributed by atoms with E-state index in [1.54, 1.807) is 0 Å². The van der Waals surface area contributed by atoms with Crippen molar-refractivity contribution in [1.82, 2.24) is 10.2 Å². The largest absolute Gasteiger partial charge is 0.342 e. The molecular formula is C14H19Cl3N2OS. The first-order chi connectivity index (χ1) is 9.63. The fourth-order valence-electron chi connectivity index (χ4n) is 3.19. The van der Waals surface area contributed by atoms with Crippen molar-refractivity contribution in [3.63, 3.8) is 0 Å². The smallest absolute Gasteiger partial charge is 0.222 e. The molecule has 1 aromatic rings. The number of amides is 1. The summed E-state index contributed by atoms with van der Waals surface area (Å²) in [6, 6.07) is 1.91. The molecule has 0 bridgehead atoms. The molecule has 1 amide bonds. The Balaban J connectivity index is 0.00000161. The summed E-state index contributed by atoms with van der Waals surface area (Å²) in [5.74, 6) is 1.63. The molecule has 0 unspecified atom stereocenters. The van der Waals surface area contributed by atoms with Gasteiger partial charge in [0.05, 0.1) is 8.67 Å². The molecular weight excluding hydrogens is 351 g/mol. The van der Waals surface area contributed by atoms with Crippen LogP contribution in [0, 0.1) is 11.8 Å². The van der Waals surface area contributed by atoms with E-state index in [1.807, 2.05) is 11.0 Å². The lowest BCUT2D eigenvalue weighted by Crippen LogP contribution is -2.31. The van der Waals surface area contributed by atoms with E-state index in [4.69, 9.17) is 23.2 Å². The first kappa shape index (κ1) is 17.4. The Labute approximate surface area is 145 Å². The number of carbonyl (C=O) groups is 1. The number of likely N-dealkylation sites (tertiary alicyclic amines) is 1. The van der Waals surface area contributed by atoms with Crippen LogP contribution in [0.15, 0.2) is 6.07 Å². The van der Waals surface area contributed by atoms with Gasteiger partial charge in [-0.15, -0.1) is 23.7 Å². The Morgan fingerprint density at radius 2 is 2.00 bits per heavy atom. The second-order valence-corrected chi connectivity index (χ2v) is 7.97. The minimum Gasteiger partial charge on any atom is -0.342 e. The van der Waals surface area contributed by atoms with Crippen molar-refractivity contribution in [1.29, 1.82) is 0 Å². The maximum Gasteiger partial charge on any atom is 0.222 e. The molecule has 7 heteroatoms. The predicted octanol–water partition coefficient (Wildman–Crippen LogP) is 3.48. The molecule has 1 aromatic heterocycles. The molecule has 0 radical (unpaired) electrons. The number of nitrogens with zero attached hydrogens (tertiary/aromatic N) is 1. The first-order valence-electron chi connectivity index (χ1n) is 7.05. The zero-order valence-corrected chi connectivity index (χ0v) is 14.8. The Hall–Kier alpha value is -0.000000000000000104. The predicted molar refractivity (Wildman–Crippen MR) is 91.0 cm³/mol. The average molecular weight is 370 g/mol. The lowest BCUT2D eigenvalue weighted by molar-refractivity contribution is -0.130. The zero-order chi connectivity index (χ0) is 14.1. The van der Waals surface area contributed by atoms with E-state index >= 15 is 0 Å². The molecule has 0 aliphatic carbocycles. The van der Waals surface area contributed by atoms with Crippen LogP contribution in [0.4, 0.5) is 0 Å². The Bertz CT molecular complexity index is 496. The summed E-state index contributed by atoms with van der Waals surface area (Å²) in [5, 5.41) is 3.39. The highest BCUT2D eigenvalue weighted by Crippen LogP contribution is 2.32. The maximum atomic E-state index is 12.2. The third-order valence-corrected chi connectivity index (χ3v) is 5.88. The van der Waals surface area contributed by atoms with Crippen LogP contribution in [0.5, 0.6) is 0 Å². The number of rotatable bonds is 4. The molecule has 3 heterocycles. The van der Waals surface area contributed by atoms with Crippen molar-refractivity contribution in [2.75, 3.05) is 26.2 Å². The van der Waals surface area contributed by atoms with E-state index < -0.39 is 0 Å². The van der Waals surface area contributed by atoms with Crippen LogP contribution in [0.2, 0.25) is 8.67 Å². The van der Waals surface area contributed by atoms with Crippen LogP contribution in [0.3, 0.4) is 0 Å². The molecule has 2 atom stereocenters. The van der Waals surface area contributed by atoms with Crippen molar-refractivity contribution in [2.24, 2.45) is 11.8 Å². The monoisotopic (exact) mass is 368 g/mol. The summed E-state index contributed by atoms with van der Waals surface area (Å²) >= 11 is 13.4. The molecule has 3 nitrogen and oxygen atoms in total. The maximum absolute atomic E-state index is 12.2. The molecule has 2 fully saturated rings. The minimum atomic E-state index is 0. The number of aryl methyl sites for hydroxylation is 1. The number of thiophene rings is 1. The summed E-state index contributed by atoms with van der Waals surface area (Å²) in [4.78, 5) is 14.2. The second-order valence-electron chi connectivity index (χ2n) is 5.68. The molecule has 0 saturated carbocycles. The van der Waals surface area contributed by atoms with Crippen molar-refractivity contribution < 1.29 is 4.79 Å². The van der Waals surface area contributed by atoms with Crippen LogP contribution in [-0.2, 0) is 11.2 Å². The summed E-state index contributed by atoms with van der Waals surface area (Å²) in [6.07, 6.45) is 2.28. The molecule has 1 N–H and O–H groups in total. The third-order valence-electron chi connectivity index (χ3n) is 4.31. The number of nitrogens with one attached hydrogen (secondary N) is 1. The molecule has 2 aliphatic heterocycles. The van der Waals surface area contributed by atoms with Crippen molar-refractivity contribution >= 4 is 52.9 Å². The lowest BCUT2D eigenvalue weighted by atomic mass is 10.0. The number of hydrogen-bond acceptors (Lipinski definition) is 3. The van der Waals surface area contributed by atoms with Crippen LogP contribution in [-0.4, -0.2) is 37.0 Å². The highest BCUT2D eigenvalue weighted by atomic mass is 35.5. The van der Waals surface area contributed by atoms with Crippen molar-refractivity contribution in [3.8, 4) is 0 Å². The second kappa shape index (κ2) is 7.51. The molecule has 118 valence electrons. The van der Waals surface area contributed by atoms with Crippen molar-refractivity contribution in [3.05, 3.63) is 20.3 Å². The highest BCUT2D eigenvalue weighted by molar-refractivity contribution is 7.20. The summed E-state index contributed by atoms with van der Waals surface area (Å²) in [7, 11) is 0. The summed E-state index contributed by atoms with van der Waals surface area (Å²) in [6.45, 7) is 4.00. The Morgan fingerprint density at radius 1 is 1.33 bits per heavy atom. The molecule has 2 aliphatic rings. The first-order valence-corrected chi connectivity index (χ1v) is 8.63. The van der Waals surface area contributed by atoms with E-state index in [1.165, 1.54) is 11.3 Å². The SMILES string of the molecule is Cl.O=C(CCCc1cc(Cl)sc1Cl)N1C[C@H]2CNC[C@H]2C1. The van der Waals surface area contributed by atoms with Gasteiger partial charge in [0.2, 0.25) is 5.91 Å².